The van der Waals surface area contributed by atoms with Crippen LogP contribution in [0.1, 0.15) is 29.5 Å². The fraction of sp³-hybridized carbons (Fsp3) is 0.200. The van der Waals surface area contributed by atoms with Crippen molar-refractivity contribution in [2.75, 3.05) is 14.2 Å². The minimum atomic E-state index is -0.266. The highest BCUT2D eigenvalue weighted by Gasteiger charge is 2.35. The zero-order valence-electron chi connectivity index (χ0n) is 17.5. The number of imide groups is 1. The summed E-state index contributed by atoms with van der Waals surface area (Å²) in [4.78, 5) is 27.1. The Balaban J connectivity index is 1.53. The molecule has 6 heteroatoms. The van der Waals surface area contributed by atoms with Crippen LogP contribution in [0.4, 0.5) is 4.79 Å². The summed E-state index contributed by atoms with van der Waals surface area (Å²) < 4.78 is 10.5. The van der Waals surface area contributed by atoms with Crippen LogP contribution in [0, 0.1) is 0 Å². The first-order chi connectivity index (χ1) is 15.1. The van der Waals surface area contributed by atoms with Gasteiger partial charge in [0.25, 0.3) is 11.1 Å². The Morgan fingerprint density at radius 2 is 1.87 bits per heavy atom. The van der Waals surface area contributed by atoms with Gasteiger partial charge in [-0.15, -0.1) is 0 Å². The van der Waals surface area contributed by atoms with Gasteiger partial charge in [-0.3, -0.25) is 14.5 Å². The van der Waals surface area contributed by atoms with Gasteiger partial charge >= 0.3 is 0 Å². The van der Waals surface area contributed by atoms with E-state index in [1.54, 1.807) is 20.3 Å². The molecule has 4 rings (SSSR count). The molecule has 0 N–H and O–H groups in total. The molecule has 2 aliphatic rings. The molecular weight excluding hydrogens is 410 g/mol. The number of nitrogens with zero attached hydrogens (tertiary/aromatic N) is 1. The minimum absolute atomic E-state index is 0.241. The van der Waals surface area contributed by atoms with Gasteiger partial charge in [-0.1, -0.05) is 30.3 Å². The quantitative estimate of drug-likeness (QED) is 0.552. The number of ether oxygens (including phenoxy) is 2. The molecule has 2 amide bonds. The fourth-order valence-electron chi connectivity index (χ4n) is 3.57. The van der Waals surface area contributed by atoms with Crippen molar-refractivity contribution in [1.29, 1.82) is 0 Å². The number of allylic oxidation sites excluding steroid dienone is 3. The Morgan fingerprint density at radius 1 is 1.06 bits per heavy atom. The molecule has 0 unspecified atom stereocenters. The van der Waals surface area contributed by atoms with Gasteiger partial charge in [0.05, 0.1) is 25.7 Å². The van der Waals surface area contributed by atoms with Gasteiger partial charge < -0.3 is 9.47 Å². The molecule has 0 atom stereocenters. The Labute approximate surface area is 186 Å². The number of carbonyl (C=O) groups excluding carboxylic acids is 2. The SMILES string of the molecule is COC1=CCCC(c2cccc(/C=C3\SC(=O)N(Cc4ccc(OC)cc4)C3=O)c2)=C1. The zero-order chi connectivity index (χ0) is 21.8. The standard InChI is InChI=1S/C25H23NO4S/c1-29-21-11-9-17(10-12-21)16-26-24(27)23(31-25(26)28)14-18-5-3-6-19(13-18)20-7-4-8-22(15-20)30-2/h3,5-6,8-15H,4,7,16H2,1-2H3/b23-14-. The lowest BCUT2D eigenvalue weighted by molar-refractivity contribution is -0.123. The van der Waals surface area contributed by atoms with E-state index in [-0.39, 0.29) is 17.7 Å². The van der Waals surface area contributed by atoms with Gasteiger partial charge in [-0.05, 0) is 83.3 Å². The second-order valence-corrected chi connectivity index (χ2v) is 8.25. The van der Waals surface area contributed by atoms with Gasteiger partial charge in [0, 0.05) is 0 Å². The van der Waals surface area contributed by atoms with Crippen LogP contribution in [0.2, 0.25) is 0 Å². The molecule has 0 aromatic heterocycles. The van der Waals surface area contributed by atoms with Gasteiger partial charge in [0.1, 0.15) is 11.5 Å². The molecule has 158 valence electrons. The highest BCUT2D eigenvalue weighted by atomic mass is 32.2. The minimum Gasteiger partial charge on any atom is -0.497 e. The van der Waals surface area contributed by atoms with Crippen LogP contribution >= 0.6 is 11.8 Å². The van der Waals surface area contributed by atoms with Gasteiger partial charge in [-0.25, -0.2) is 0 Å². The molecule has 1 heterocycles. The molecule has 5 nitrogen and oxygen atoms in total. The summed E-state index contributed by atoms with van der Waals surface area (Å²) in [6, 6.07) is 15.4. The first-order valence-electron chi connectivity index (χ1n) is 10.0. The number of benzene rings is 2. The Bertz CT molecular complexity index is 1100. The highest BCUT2D eigenvalue weighted by Crippen LogP contribution is 2.34. The van der Waals surface area contributed by atoms with Crippen LogP contribution in [0.25, 0.3) is 11.6 Å². The molecular formula is C25H23NO4S. The molecule has 1 aliphatic heterocycles. The van der Waals surface area contributed by atoms with E-state index in [4.69, 9.17) is 9.47 Å². The third-order valence-corrected chi connectivity index (χ3v) is 6.15. The molecule has 1 aliphatic carbocycles. The maximum Gasteiger partial charge on any atom is 0.293 e. The topological polar surface area (TPSA) is 55.8 Å². The van der Waals surface area contributed by atoms with Crippen molar-refractivity contribution >= 4 is 34.6 Å². The fourth-order valence-corrected chi connectivity index (χ4v) is 4.41. The molecule has 2 aromatic carbocycles. The van der Waals surface area contributed by atoms with Crippen LogP contribution in [-0.4, -0.2) is 30.3 Å². The molecule has 0 radical (unpaired) electrons. The van der Waals surface area contributed by atoms with E-state index >= 15 is 0 Å². The Morgan fingerprint density at radius 3 is 2.61 bits per heavy atom. The summed E-state index contributed by atoms with van der Waals surface area (Å²) in [5.74, 6) is 1.34. The first kappa shape index (κ1) is 21.0. The van der Waals surface area contributed by atoms with Crippen molar-refractivity contribution < 1.29 is 19.1 Å². The summed E-state index contributed by atoms with van der Waals surface area (Å²) in [7, 11) is 3.27. The highest BCUT2D eigenvalue weighted by molar-refractivity contribution is 8.18. The third-order valence-electron chi connectivity index (χ3n) is 5.24. The van der Waals surface area contributed by atoms with Gasteiger partial charge in [-0.2, -0.15) is 0 Å². The van der Waals surface area contributed by atoms with E-state index < -0.39 is 0 Å². The van der Waals surface area contributed by atoms with Crippen LogP contribution in [0.15, 0.2) is 71.3 Å². The van der Waals surface area contributed by atoms with Crippen LogP contribution in [-0.2, 0) is 16.1 Å². The molecule has 31 heavy (non-hydrogen) atoms. The molecule has 2 aromatic rings. The van der Waals surface area contributed by atoms with E-state index in [1.807, 2.05) is 48.5 Å². The zero-order valence-corrected chi connectivity index (χ0v) is 18.3. The molecule has 1 fully saturated rings. The van der Waals surface area contributed by atoms with E-state index in [0.717, 1.165) is 52.8 Å². The van der Waals surface area contributed by atoms with Crippen LogP contribution in [0.3, 0.4) is 0 Å². The first-order valence-corrected chi connectivity index (χ1v) is 10.8. The number of carbonyl (C=O) groups is 2. The lowest BCUT2D eigenvalue weighted by Gasteiger charge is -2.14. The summed E-state index contributed by atoms with van der Waals surface area (Å²) in [5.41, 5.74) is 4.05. The number of amides is 2. The van der Waals surface area contributed by atoms with Crippen molar-refractivity contribution in [3.63, 3.8) is 0 Å². The maximum absolute atomic E-state index is 12.9. The van der Waals surface area contributed by atoms with E-state index in [2.05, 4.69) is 12.1 Å². The summed E-state index contributed by atoms with van der Waals surface area (Å²) in [6.07, 6.45) is 7.79. The smallest absolute Gasteiger partial charge is 0.293 e. The average Bonchev–Trinajstić information content (AvgIpc) is 3.07. The average molecular weight is 434 g/mol. The third kappa shape index (κ3) is 4.75. The summed E-state index contributed by atoms with van der Waals surface area (Å²) in [5, 5.41) is -0.256. The summed E-state index contributed by atoms with van der Waals surface area (Å²) >= 11 is 0.979. The monoisotopic (exact) mass is 433 g/mol. The molecule has 0 spiro atoms. The number of thioether (sulfide) groups is 1. The second-order valence-electron chi connectivity index (χ2n) is 7.26. The molecule has 0 bridgehead atoms. The van der Waals surface area contributed by atoms with Crippen molar-refractivity contribution in [3.8, 4) is 5.75 Å². The number of hydrogen-bond acceptors (Lipinski definition) is 5. The maximum atomic E-state index is 12.9. The molecule has 1 saturated heterocycles. The Kier molecular flexibility index (Phi) is 6.28. The van der Waals surface area contributed by atoms with E-state index in [0.29, 0.717) is 4.91 Å². The van der Waals surface area contributed by atoms with Crippen molar-refractivity contribution in [1.82, 2.24) is 4.90 Å². The van der Waals surface area contributed by atoms with Crippen molar-refractivity contribution in [3.05, 3.63) is 88.0 Å². The largest absolute Gasteiger partial charge is 0.497 e. The lowest BCUT2D eigenvalue weighted by atomic mass is 9.95. The van der Waals surface area contributed by atoms with E-state index in [9.17, 15) is 9.59 Å². The Hall–Kier alpha value is -3.25. The normalized spacial score (nSPS) is 17.6. The number of methoxy groups -OCH3 is 2. The van der Waals surface area contributed by atoms with Crippen molar-refractivity contribution in [2.24, 2.45) is 0 Å². The van der Waals surface area contributed by atoms with Crippen molar-refractivity contribution in [2.45, 2.75) is 19.4 Å². The van der Waals surface area contributed by atoms with Gasteiger partial charge in [0.15, 0.2) is 0 Å². The predicted octanol–water partition coefficient (Wildman–Crippen LogP) is 5.64. The van der Waals surface area contributed by atoms with Gasteiger partial charge in [0.2, 0.25) is 0 Å². The van der Waals surface area contributed by atoms with Crippen LogP contribution < -0.4 is 4.74 Å². The predicted molar refractivity (Wildman–Crippen MR) is 123 cm³/mol. The number of hydrogen-bond donors (Lipinski definition) is 0. The summed E-state index contributed by atoms with van der Waals surface area (Å²) in [6.45, 7) is 0.241. The van der Waals surface area contributed by atoms with E-state index in [1.165, 1.54) is 10.5 Å². The second kappa shape index (κ2) is 9.27. The lowest BCUT2D eigenvalue weighted by Crippen LogP contribution is -2.27. The van der Waals surface area contributed by atoms with Crippen LogP contribution in [0.5, 0.6) is 5.75 Å². The molecule has 0 saturated carbocycles. The number of rotatable bonds is 6.